The summed E-state index contributed by atoms with van der Waals surface area (Å²) in [5, 5.41) is 0. The zero-order valence-corrected chi connectivity index (χ0v) is 10.2. The summed E-state index contributed by atoms with van der Waals surface area (Å²) < 4.78 is 13.1. The van der Waals surface area contributed by atoms with Crippen LogP contribution in [0.2, 0.25) is 0 Å². The Morgan fingerprint density at radius 3 is 2.41 bits per heavy atom. The van der Waals surface area contributed by atoms with Crippen molar-refractivity contribution in [3.05, 3.63) is 65.0 Å². The van der Waals surface area contributed by atoms with Gasteiger partial charge in [0.25, 0.3) is 0 Å². The summed E-state index contributed by atoms with van der Waals surface area (Å²) in [5.74, 6) is -0.175. The maximum atomic E-state index is 13.1. The van der Waals surface area contributed by atoms with Crippen molar-refractivity contribution in [2.24, 2.45) is 0 Å². The van der Waals surface area contributed by atoms with E-state index in [1.54, 1.807) is 6.07 Å². The highest BCUT2D eigenvalue weighted by molar-refractivity contribution is 6.53. The first-order valence-corrected chi connectivity index (χ1v) is 5.80. The zero-order chi connectivity index (χ0) is 12.3. The molecule has 2 heteroatoms. The fourth-order valence-corrected chi connectivity index (χ4v) is 1.78. The van der Waals surface area contributed by atoms with Gasteiger partial charge in [-0.15, -0.1) is 0 Å². The molecule has 0 aliphatic heterocycles. The third-order valence-corrected chi connectivity index (χ3v) is 2.92. The number of hydrogen-bond donors (Lipinski definition) is 0. The molecule has 0 aromatic heterocycles. The third kappa shape index (κ3) is 3.19. The van der Waals surface area contributed by atoms with Crippen molar-refractivity contribution in [1.29, 1.82) is 0 Å². The fraction of sp³-hybridized carbons (Fsp3) is 0.200. The first kappa shape index (κ1) is 11.9. The second-order valence-corrected chi connectivity index (χ2v) is 4.39. The van der Waals surface area contributed by atoms with Crippen LogP contribution in [0, 0.1) is 19.7 Å². The molecule has 0 heterocycles. The maximum absolute atomic E-state index is 13.1. The molecular weight excluding hydrogens is 210 g/mol. The van der Waals surface area contributed by atoms with E-state index in [9.17, 15) is 4.39 Å². The second kappa shape index (κ2) is 5.18. The van der Waals surface area contributed by atoms with Crippen LogP contribution in [-0.2, 0) is 6.32 Å². The van der Waals surface area contributed by atoms with Crippen LogP contribution in [0.25, 0.3) is 0 Å². The molecule has 0 spiro atoms. The monoisotopic (exact) mass is 225 g/mol. The Balaban J connectivity index is 2.07. The Morgan fingerprint density at radius 1 is 1.00 bits per heavy atom. The molecule has 2 aromatic carbocycles. The molecule has 0 unspecified atom stereocenters. The molecule has 17 heavy (non-hydrogen) atoms. The summed E-state index contributed by atoms with van der Waals surface area (Å²) in [4.78, 5) is 0. The highest BCUT2D eigenvalue weighted by Crippen LogP contribution is 2.04. The molecule has 1 radical (unpaired) electrons. The summed E-state index contributed by atoms with van der Waals surface area (Å²) >= 11 is 0. The topological polar surface area (TPSA) is 0 Å². The van der Waals surface area contributed by atoms with Gasteiger partial charge in [0.2, 0.25) is 0 Å². The Labute approximate surface area is 103 Å². The van der Waals surface area contributed by atoms with Crippen molar-refractivity contribution in [1.82, 2.24) is 0 Å². The summed E-state index contributed by atoms with van der Waals surface area (Å²) in [6, 6.07) is 13.3. The van der Waals surface area contributed by atoms with E-state index >= 15 is 0 Å². The van der Waals surface area contributed by atoms with Crippen LogP contribution in [0.5, 0.6) is 0 Å². The highest BCUT2D eigenvalue weighted by atomic mass is 19.1. The number of benzene rings is 2. The predicted molar refractivity (Wildman–Crippen MR) is 71.4 cm³/mol. The molecule has 0 atom stereocenters. The lowest BCUT2D eigenvalue weighted by molar-refractivity contribution is 0.628. The van der Waals surface area contributed by atoms with E-state index in [1.807, 2.05) is 13.0 Å². The molecule has 0 nitrogen and oxygen atoms in total. The Hall–Kier alpha value is -1.57. The minimum Gasteiger partial charge on any atom is -0.207 e. The standard InChI is InChI=1S/C15H15BF/c1-11-3-6-13(7-4-11)10-16-15-9-14(17)8-5-12(15)2/h3-9H,10H2,1-2H3. The van der Waals surface area contributed by atoms with Crippen molar-refractivity contribution >= 4 is 12.7 Å². The van der Waals surface area contributed by atoms with Crippen LogP contribution in [0.3, 0.4) is 0 Å². The van der Waals surface area contributed by atoms with Crippen molar-refractivity contribution in [2.75, 3.05) is 0 Å². The van der Waals surface area contributed by atoms with Gasteiger partial charge < -0.3 is 0 Å². The van der Waals surface area contributed by atoms with Crippen LogP contribution in [0.15, 0.2) is 42.5 Å². The molecule has 0 fully saturated rings. The number of halogens is 1. The molecule has 0 aliphatic rings. The van der Waals surface area contributed by atoms with Crippen molar-refractivity contribution in [3.8, 4) is 0 Å². The Morgan fingerprint density at radius 2 is 1.71 bits per heavy atom. The molecule has 0 bridgehead atoms. The quantitative estimate of drug-likeness (QED) is 0.704. The van der Waals surface area contributed by atoms with E-state index < -0.39 is 0 Å². The van der Waals surface area contributed by atoms with Gasteiger partial charge in [-0.3, -0.25) is 0 Å². The number of rotatable bonds is 3. The van der Waals surface area contributed by atoms with Gasteiger partial charge in [-0.1, -0.05) is 52.5 Å². The molecule has 85 valence electrons. The van der Waals surface area contributed by atoms with E-state index in [4.69, 9.17) is 0 Å². The minimum absolute atomic E-state index is 0.175. The summed E-state index contributed by atoms with van der Waals surface area (Å²) in [5.41, 5.74) is 4.60. The van der Waals surface area contributed by atoms with Crippen LogP contribution in [0.1, 0.15) is 16.7 Å². The first-order valence-electron chi connectivity index (χ1n) is 5.80. The molecule has 0 saturated heterocycles. The molecule has 0 aliphatic carbocycles. The van der Waals surface area contributed by atoms with Crippen molar-refractivity contribution < 1.29 is 4.39 Å². The molecule has 0 N–H and O–H groups in total. The Bertz CT molecular complexity index is 503. The predicted octanol–water partition coefficient (Wildman–Crippen LogP) is 2.97. The molecule has 0 saturated carbocycles. The van der Waals surface area contributed by atoms with E-state index in [-0.39, 0.29) is 5.82 Å². The molecule has 0 amide bonds. The number of hydrogen-bond acceptors (Lipinski definition) is 0. The second-order valence-electron chi connectivity index (χ2n) is 4.39. The van der Waals surface area contributed by atoms with Crippen LogP contribution < -0.4 is 5.46 Å². The van der Waals surface area contributed by atoms with Crippen molar-refractivity contribution in [3.63, 3.8) is 0 Å². The summed E-state index contributed by atoms with van der Waals surface area (Å²) in [6.45, 7) is 4.07. The SMILES string of the molecule is Cc1ccc(C[B]c2cc(F)ccc2C)cc1. The normalized spacial score (nSPS) is 10.3. The summed E-state index contributed by atoms with van der Waals surface area (Å²) in [6.07, 6.45) is 0.838. The highest BCUT2D eigenvalue weighted by Gasteiger charge is 2.02. The largest absolute Gasteiger partial charge is 0.207 e. The van der Waals surface area contributed by atoms with E-state index in [1.165, 1.54) is 17.2 Å². The maximum Gasteiger partial charge on any atom is 0.156 e. The number of aryl methyl sites for hydroxylation is 2. The van der Waals surface area contributed by atoms with Crippen LogP contribution in [0.4, 0.5) is 4.39 Å². The summed E-state index contributed by atoms with van der Waals surface area (Å²) in [7, 11) is 2.07. The fourth-order valence-electron chi connectivity index (χ4n) is 1.78. The van der Waals surface area contributed by atoms with Gasteiger partial charge in [0, 0.05) is 0 Å². The average Bonchev–Trinajstić information content (AvgIpc) is 2.32. The van der Waals surface area contributed by atoms with Gasteiger partial charge in [0.15, 0.2) is 7.28 Å². The third-order valence-electron chi connectivity index (χ3n) is 2.92. The zero-order valence-electron chi connectivity index (χ0n) is 10.2. The van der Waals surface area contributed by atoms with E-state index in [0.717, 1.165) is 17.3 Å². The lowest BCUT2D eigenvalue weighted by atomic mass is 9.64. The van der Waals surface area contributed by atoms with Crippen LogP contribution >= 0.6 is 0 Å². The first-order chi connectivity index (χ1) is 8.15. The lowest BCUT2D eigenvalue weighted by Gasteiger charge is -2.05. The smallest absolute Gasteiger partial charge is 0.156 e. The van der Waals surface area contributed by atoms with Crippen molar-refractivity contribution in [2.45, 2.75) is 20.2 Å². The Kier molecular flexibility index (Phi) is 3.63. The lowest BCUT2D eigenvalue weighted by Crippen LogP contribution is -2.20. The van der Waals surface area contributed by atoms with Crippen LogP contribution in [-0.4, -0.2) is 7.28 Å². The molecule has 2 aromatic rings. The van der Waals surface area contributed by atoms with E-state index in [0.29, 0.717) is 0 Å². The molecule has 2 rings (SSSR count). The average molecular weight is 225 g/mol. The minimum atomic E-state index is -0.175. The van der Waals surface area contributed by atoms with E-state index in [2.05, 4.69) is 38.5 Å². The van der Waals surface area contributed by atoms with Gasteiger partial charge in [-0.05, 0) is 32.3 Å². The van der Waals surface area contributed by atoms with Gasteiger partial charge in [-0.2, -0.15) is 0 Å². The van der Waals surface area contributed by atoms with Gasteiger partial charge in [-0.25, -0.2) is 4.39 Å². The van der Waals surface area contributed by atoms with Gasteiger partial charge >= 0.3 is 0 Å². The molecular formula is C15H15BF. The van der Waals surface area contributed by atoms with Gasteiger partial charge in [0.05, 0.1) is 0 Å². The van der Waals surface area contributed by atoms with Gasteiger partial charge in [0.1, 0.15) is 5.82 Å².